The van der Waals surface area contributed by atoms with Crippen molar-refractivity contribution in [2.24, 2.45) is 11.8 Å². The average Bonchev–Trinajstić information content (AvgIpc) is 3.07. The fourth-order valence-electron chi connectivity index (χ4n) is 3.89. The number of hydrogen-bond acceptors (Lipinski definition) is 3. The van der Waals surface area contributed by atoms with Gasteiger partial charge in [0.1, 0.15) is 0 Å². The van der Waals surface area contributed by atoms with Crippen LogP contribution >= 0.6 is 0 Å². The molecule has 0 bridgehead atoms. The fraction of sp³-hybridized carbons (Fsp3) is 0.650. The highest BCUT2D eigenvalue weighted by Crippen LogP contribution is 2.24. The highest BCUT2D eigenvalue weighted by molar-refractivity contribution is 5.75. The number of carbonyl (C=O) groups excluding carboxylic acids is 1. The van der Waals surface area contributed by atoms with Gasteiger partial charge in [0.15, 0.2) is 0 Å². The van der Waals surface area contributed by atoms with E-state index in [4.69, 9.17) is 4.74 Å². The quantitative estimate of drug-likeness (QED) is 0.892. The molecule has 1 aromatic carbocycles. The van der Waals surface area contributed by atoms with E-state index in [-0.39, 0.29) is 12.1 Å². The van der Waals surface area contributed by atoms with Gasteiger partial charge in [0, 0.05) is 26.2 Å². The van der Waals surface area contributed by atoms with Gasteiger partial charge in [0.2, 0.25) is 0 Å². The van der Waals surface area contributed by atoms with E-state index < -0.39 is 0 Å². The third kappa shape index (κ3) is 4.95. The Morgan fingerprint density at radius 3 is 2.84 bits per heavy atom. The van der Waals surface area contributed by atoms with Gasteiger partial charge in [-0.2, -0.15) is 0 Å². The second kappa shape index (κ2) is 8.68. The lowest BCUT2D eigenvalue weighted by Gasteiger charge is -2.36. The first-order chi connectivity index (χ1) is 12.1. The van der Waals surface area contributed by atoms with Crippen LogP contribution < -0.4 is 5.32 Å². The van der Waals surface area contributed by atoms with Gasteiger partial charge in [-0.25, -0.2) is 4.79 Å². The summed E-state index contributed by atoms with van der Waals surface area (Å²) in [6, 6.07) is 10.2. The minimum Gasteiger partial charge on any atom is -0.377 e. The summed E-state index contributed by atoms with van der Waals surface area (Å²) in [5, 5.41) is 3.17. The van der Waals surface area contributed by atoms with Crippen molar-refractivity contribution >= 4 is 6.03 Å². The van der Waals surface area contributed by atoms with Gasteiger partial charge >= 0.3 is 6.03 Å². The molecular formula is C20H31N3O2. The number of ether oxygens (including phenoxy) is 1. The van der Waals surface area contributed by atoms with Crippen molar-refractivity contribution < 1.29 is 9.53 Å². The van der Waals surface area contributed by atoms with Crippen molar-refractivity contribution in [1.82, 2.24) is 15.1 Å². The molecule has 0 radical (unpaired) electrons. The van der Waals surface area contributed by atoms with Crippen molar-refractivity contribution in [1.29, 1.82) is 0 Å². The van der Waals surface area contributed by atoms with Crippen LogP contribution in [0.4, 0.5) is 4.79 Å². The van der Waals surface area contributed by atoms with Gasteiger partial charge in [-0.1, -0.05) is 44.2 Å². The highest BCUT2D eigenvalue weighted by Gasteiger charge is 2.29. The first-order valence-corrected chi connectivity index (χ1v) is 9.53. The Balaban J connectivity index is 1.51. The summed E-state index contributed by atoms with van der Waals surface area (Å²) in [6.45, 7) is 10.5. The predicted molar refractivity (Wildman–Crippen MR) is 99.5 cm³/mol. The third-order valence-corrected chi connectivity index (χ3v) is 5.11. The number of urea groups is 1. The van der Waals surface area contributed by atoms with Crippen LogP contribution in [0.1, 0.15) is 31.9 Å². The zero-order chi connectivity index (χ0) is 17.6. The second-order valence-corrected chi connectivity index (χ2v) is 7.69. The zero-order valence-corrected chi connectivity index (χ0v) is 15.5. The standard InChI is InChI=1S/C20H31N3O2/c1-16(2)13-22-9-8-17(14-22)12-21-20(24)23-10-11-25-15-19(23)18-6-4-3-5-7-18/h3-7,16-17,19H,8-15H2,1-2H3,(H,21,24). The summed E-state index contributed by atoms with van der Waals surface area (Å²) in [5.41, 5.74) is 1.14. The maximum atomic E-state index is 12.7. The van der Waals surface area contributed by atoms with Gasteiger partial charge in [0.25, 0.3) is 0 Å². The lowest BCUT2D eigenvalue weighted by molar-refractivity contribution is 0.0115. The molecule has 0 aliphatic carbocycles. The van der Waals surface area contributed by atoms with E-state index in [2.05, 4.69) is 36.2 Å². The van der Waals surface area contributed by atoms with Crippen LogP contribution in [0.25, 0.3) is 0 Å². The second-order valence-electron chi connectivity index (χ2n) is 7.69. The Morgan fingerprint density at radius 2 is 2.08 bits per heavy atom. The molecule has 0 aromatic heterocycles. The minimum absolute atomic E-state index is 0.0102. The van der Waals surface area contributed by atoms with E-state index in [0.717, 1.165) is 31.7 Å². The first-order valence-electron chi connectivity index (χ1n) is 9.53. The van der Waals surface area contributed by atoms with Gasteiger partial charge in [-0.05, 0) is 30.4 Å². The van der Waals surface area contributed by atoms with Crippen LogP contribution in [0, 0.1) is 11.8 Å². The number of rotatable bonds is 5. The van der Waals surface area contributed by atoms with E-state index >= 15 is 0 Å². The van der Waals surface area contributed by atoms with Crippen molar-refractivity contribution in [3.8, 4) is 0 Å². The monoisotopic (exact) mass is 345 g/mol. The fourth-order valence-corrected chi connectivity index (χ4v) is 3.89. The molecule has 2 aliphatic rings. The summed E-state index contributed by atoms with van der Waals surface area (Å²) >= 11 is 0. The van der Waals surface area contributed by atoms with Crippen molar-refractivity contribution in [2.75, 3.05) is 45.9 Å². The summed E-state index contributed by atoms with van der Waals surface area (Å²) < 4.78 is 5.62. The number of nitrogens with one attached hydrogen (secondary N) is 1. The third-order valence-electron chi connectivity index (χ3n) is 5.11. The molecule has 138 valence electrons. The molecule has 0 saturated carbocycles. The molecule has 3 rings (SSSR count). The lowest BCUT2D eigenvalue weighted by Crippen LogP contribution is -2.49. The van der Waals surface area contributed by atoms with E-state index in [1.54, 1.807) is 0 Å². The Bertz CT molecular complexity index is 549. The Labute approximate surface area is 151 Å². The molecule has 2 amide bonds. The molecule has 5 nitrogen and oxygen atoms in total. The maximum Gasteiger partial charge on any atom is 0.318 e. The number of morpholine rings is 1. The number of amides is 2. The SMILES string of the molecule is CC(C)CN1CCC(CNC(=O)N2CCOCC2c2ccccc2)C1. The Kier molecular flexibility index (Phi) is 6.32. The summed E-state index contributed by atoms with van der Waals surface area (Å²) in [7, 11) is 0. The Hall–Kier alpha value is -1.59. The van der Waals surface area contributed by atoms with E-state index in [1.807, 2.05) is 23.1 Å². The largest absolute Gasteiger partial charge is 0.377 e. The molecule has 2 aliphatic heterocycles. The molecule has 1 N–H and O–H groups in total. The molecule has 0 spiro atoms. The minimum atomic E-state index is 0.0102. The summed E-state index contributed by atoms with van der Waals surface area (Å²) in [4.78, 5) is 17.2. The van der Waals surface area contributed by atoms with Gasteiger partial charge in [0.05, 0.1) is 19.3 Å². The number of benzene rings is 1. The normalized spacial score (nSPS) is 24.7. The molecule has 2 heterocycles. The average molecular weight is 345 g/mol. The van der Waals surface area contributed by atoms with E-state index in [9.17, 15) is 4.79 Å². The lowest BCUT2D eigenvalue weighted by atomic mass is 10.1. The topological polar surface area (TPSA) is 44.8 Å². The molecule has 2 unspecified atom stereocenters. The van der Waals surface area contributed by atoms with Gasteiger partial charge in [-0.3, -0.25) is 0 Å². The van der Waals surface area contributed by atoms with Gasteiger partial charge in [-0.15, -0.1) is 0 Å². The number of carbonyl (C=O) groups is 1. The molecule has 2 saturated heterocycles. The highest BCUT2D eigenvalue weighted by atomic mass is 16.5. The number of hydrogen-bond donors (Lipinski definition) is 1. The summed E-state index contributed by atoms with van der Waals surface area (Å²) in [6.07, 6.45) is 1.18. The van der Waals surface area contributed by atoms with Crippen LogP contribution in [0.2, 0.25) is 0 Å². The zero-order valence-electron chi connectivity index (χ0n) is 15.5. The summed E-state index contributed by atoms with van der Waals surface area (Å²) in [5.74, 6) is 1.27. The van der Waals surface area contributed by atoms with Crippen LogP contribution in [0.5, 0.6) is 0 Å². The molecule has 25 heavy (non-hydrogen) atoms. The molecule has 2 fully saturated rings. The van der Waals surface area contributed by atoms with Crippen LogP contribution in [0.15, 0.2) is 30.3 Å². The predicted octanol–water partition coefficient (Wildman–Crippen LogP) is 2.75. The van der Waals surface area contributed by atoms with Crippen molar-refractivity contribution in [2.45, 2.75) is 26.3 Å². The van der Waals surface area contributed by atoms with E-state index in [1.165, 1.54) is 6.42 Å². The van der Waals surface area contributed by atoms with Crippen LogP contribution in [0.3, 0.4) is 0 Å². The van der Waals surface area contributed by atoms with Crippen LogP contribution in [-0.2, 0) is 4.74 Å². The molecule has 2 atom stereocenters. The smallest absolute Gasteiger partial charge is 0.318 e. The van der Waals surface area contributed by atoms with Gasteiger partial charge < -0.3 is 19.9 Å². The van der Waals surface area contributed by atoms with Crippen LogP contribution in [-0.4, -0.2) is 61.8 Å². The Morgan fingerprint density at radius 1 is 1.28 bits per heavy atom. The van der Waals surface area contributed by atoms with Crippen molar-refractivity contribution in [3.63, 3.8) is 0 Å². The molecular weight excluding hydrogens is 314 g/mol. The first kappa shape index (κ1) is 18.2. The number of nitrogens with zero attached hydrogens (tertiary/aromatic N) is 2. The van der Waals surface area contributed by atoms with E-state index in [0.29, 0.717) is 31.6 Å². The molecule has 1 aromatic rings. The maximum absolute atomic E-state index is 12.7. The van der Waals surface area contributed by atoms with Crippen molar-refractivity contribution in [3.05, 3.63) is 35.9 Å². The molecule has 5 heteroatoms. The number of likely N-dealkylation sites (tertiary alicyclic amines) is 1.